The van der Waals surface area contributed by atoms with Gasteiger partial charge < -0.3 is 10.6 Å². The number of aromatic nitrogens is 1. The number of hydrogen-bond donors (Lipinski definition) is 2. The fourth-order valence-electron chi connectivity index (χ4n) is 2.61. The number of rotatable bonds is 4. The number of amides is 1. The van der Waals surface area contributed by atoms with Crippen molar-refractivity contribution >= 4 is 6.41 Å². The van der Waals surface area contributed by atoms with Gasteiger partial charge in [-0.3, -0.25) is 9.78 Å². The number of carbonyl (C=O) groups is 1. The Hall–Kier alpha value is -2.62. The minimum atomic E-state index is -4.92. The lowest BCUT2D eigenvalue weighted by Gasteiger charge is -2.14. The van der Waals surface area contributed by atoms with Crippen molar-refractivity contribution < 1.29 is 31.1 Å². The molecule has 3 rings (SSSR count). The van der Waals surface area contributed by atoms with E-state index in [1.807, 2.05) is 0 Å². The predicted octanol–water partition coefficient (Wildman–Crippen LogP) is 4.40. The minimum Gasteiger partial charge on any atom is -0.353 e. The third kappa shape index (κ3) is 7.04. The van der Waals surface area contributed by atoms with Crippen molar-refractivity contribution in [2.75, 3.05) is 13.1 Å². The van der Waals surface area contributed by atoms with Gasteiger partial charge in [0.25, 0.3) is 0 Å². The zero-order valence-electron chi connectivity index (χ0n) is 15.2. The molecule has 4 nitrogen and oxygen atoms in total. The highest BCUT2D eigenvalue weighted by molar-refractivity contribution is 5.62. The third-order valence-electron chi connectivity index (χ3n) is 4.01. The van der Waals surface area contributed by atoms with Crippen LogP contribution in [0, 0.1) is 0 Å². The van der Waals surface area contributed by atoms with E-state index in [4.69, 9.17) is 0 Å². The smallest absolute Gasteiger partial charge is 0.353 e. The Morgan fingerprint density at radius 2 is 1.55 bits per heavy atom. The van der Waals surface area contributed by atoms with Gasteiger partial charge in [-0.2, -0.15) is 26.3 Å². The van der Waals surface area contributed by atoms with Crippen LogP contribution in [0.25, 0.3) is 11.3 Å². The molecule has 0 radical (unpaired) electrons. The van der Waals surface area contributed by atoms with E-state index in [1.165, 1.54) is 44.1 Å². The van der Waals surface area contributed by atoms with Gasteiger partial charge in [-0.1, -0.05) is 6.07 Å². The largest absolute Gasteiger partial charge is 0.416 e. The van der Waals surface area contributed by atoms with Crippen LogP contribution < -0.4 is 10.6 Å². The molecule has 29 heavy (non-hydrogen) atoms. The molecule has 2 N–H and O–H groups in total. The number of alkyl halides is 6. The maximum atomic E-state index is 12.9. The average molecular weight is 419 g/mol. The third-order valence-corrected chi connectivity index (χ3v) is 4.01. The molecule has 158 valence electrons. The molecule has 1 aliphatic rings. The molecule has 0 spiro atoms. The number of halogens is 6. The van der Waals surface area contributed by atoms with Crippen LogP contribution in [0.15, 0.2) is 36.4 Å². The zero-order chi connectivity index (χ0) is 21.5. The van der Waals surface area contributed by atoms with Crippen LogP contribution in [-0.2, 0) is 23.7 Å². The van der Waals surface area contributed by atoms with Gasteiger partial charge in [0.15, 0.2) is 0 Å². The summed E-state index contributed by atoms with van der Waals surface area (Å²) in [4.78, 5) is 14.2. The van der Waals surface area contributed by atoms with Crippen molar-refractivity contribution in [1.29, 1.82) is 0 Å². The summed E-state index contributed by atoms with van der Waals surface area (Å²) in [6, 6.07) is 5.47. The second kappa shape index (κ2) is 9.73. The average Bonchev–Trinajstić information content (AvgIpc) is 3.25. The molecule has 0 unspecified atom stereocenters. The van der Waals surface area contributed by atoms with Crippen LogP contribution in [0.5, 0.6) is 0 Å². The number of nitrogens with zero attached hydrogens (tertiary/aromatic N) is 1. The maximum Gasteiger partial charge on any atom is 0.416 e. The summed E-state index contributed by atoms with van der Waals surface area (Å²) in [5.74, 6) is 0. The normalized spacial score (nSPS) is 14.1. The van der Waals surface area contributed by atoms with Gasteiger partial charge >= 0.3 is 12.4 Å². The molecule has 0 aliphatic carbocycles. The summed E-state index contributed by atoms with van der Waals surface area (Å²) in [7, 11) is 0. The fraction of sp³-hybridized carbons (Fsp3) is 0.368. The van der Waals surface area contributed by atoms with Crippen molar-refractivity contribution in [2.45, 2.75) is 31.7 Å². The quantitative estimate of drug-likeness (QED) is 0.571. The summed E-state index contributed by atoms with van der Waals surface area (Å²) in [6.07, 6.45) is -6.67. The van der Waals surface area contributed by atoms with Crippen molar-refractivity contribution in [3.63, 3.8) is 0 Å². The van der Waals surface area contributed by atoms with E-state index >= 15 is 0 Å². The number of pyridine rings is 1. The van der Waals surface area contributed by atoms with Crippen LogP contribution in [-0.4, -0.2) is 24.5 Å². The van der Waals surface area contributed by atoms with Crippen LogP contribution >= 0.6 is 0 Å². The van der Waals surface area contributed by atoms with Gasteiger partial charge in [-0.05, 0) is 56.3 Å². The number of benzene rings is 1. The molecule has 1 aliphatic heterocycles. The van der Waals surface area contributed by atoms with Crippen LogP contribution in [0.4, 0.5) is 26.3 Å². The predicted molar refractivity (Wildman–Crippen MR) is 94.7 cm³/mol. The first-order valence-electron chi connectivity index (χ1n) is 8.75. The molecule has 1 amide bonds. The van der Waals surface area contributed by atoms with E-state index in [-0.39, 0.29) is 23.9 Å². The summed E-state index contributed by atoms with van der Waals surface area (Å²) in [6.45, 7) is 2.50. The Morgan fingerprint density at radius 1 is 0.966 bits per heavy atom. The molecule has 0 saturated carbocycles. The van der Waals surface area contributed by atoms with Crippen molar-refractivity contribution in [2.24, 2.45) is 0 Å². The van der Waals surface area contributed by atoms with E-state index in [0.29, 0.717) is 24.2 Å². The highest BCUT2D eigenvalue weighted by Gasteiger charge is 2.37. The second-order valence-electron chi connectivity index (χ2n) is 6.26. The zero-order valence-corrected chi connectivity index (χ0v) is 15.2. The molecule has 1 aromatic heterocycles. The Bertz CT molecular complexity index is 776. The molecule has 2 heterocycles. The molecule has 0 bridgehead atoms. The summed E-state index contributed by atoms with van der Waals surface area (Å²) >= 11 is 0. The first-order chi connectivity index (χ1) is 13.6. The lowest BCUT2D eigenvalue weighted by molar-refractivity contribution is -0.143. The monoisotopic (exact) mass is 419 g/mol. The molecule has 10 heteroatoms. The first-order valence-corrected chi connectivity index (χ1v) is 8.75. The van der Waals surface area contributed by atoms with Gasteiger partial charge in [0, 0.05) is 5.56 Å². The number of carbonyl (C=O) groups excluding carboxylic acids is 1. The summed E-state index contributed by atoms with van der Waals surface area (Å²) < 4.78 is 77.2. The summed E-state index contributed by atoms with van der Waals surface area (Å²) in [5.41, 5.74) is -2.90. The molecule has 1 aromatic carbocycles. The standard InChI is InChI=1S/C15H10F6N2O.C4H9N/c16-14(17,18)10-4-9(5-11(6-10)15(19,20)21)13-3-1-2-12(23-13)7-22-8-24;1-2-4-5-3-1/h1-6,8H,7H2,(H,22,24);5H,1-4H2. The Labute approximate surface area is 163 Å². The minimum absolute atomic E-state index is 0.00241. The highest BCUT2D eigenvalue weighted by atomic mass is 19.4. The highest BCUT2D eigenvalue weighted by Crippen LogP contribution is 2.38. The lowest BCUT2D eigenvalue weighted by Crippen LogP contribution is -2.12. The Balaban J connectivity index is 0.000000521. The topological polar surface area (TPSA) is 54.0 Å². The second-order valence-corrected chi connectivity index (χ2v) is 6.26. The van der Waals surface area contributed by atoms with Gasteiger partial charge in [-0.15, -0.1) is 0 Å². The molecular weight excluding hydrogens is 400 g/mol. The van der Waals surface area contributed by atoms with Gasteiger partial charge in [0.1, 0.15) is 0 Å². The molecule has 1 fully saturated rings. The van der Waals surface area contributed by atoms with Gasteiger partial charge in [0.2, 0.25) is 6.41 Å². The maximum absolute atomic E-state index is 12.9. The summed E-state index contributed by atoms with van der Waals surface area (Å²) in [5, 5.41) is 5.53. The van der Waals surface area contributed by atoms with E-state index in [1.54, 1.807) is 0 Å². The molecule has 2 aromatic rings. The Morgan fingerprint density at radius 3 is 2.00 bits per heavy atom. The molecule has 0 atom stereocenters. The SMILES string of the molecule is C1CCNC1.O=CNCc1cccc(-c2cc(C(F)(F)F)cc(C(F)(F)F)c2)n1. The van der Waals surface area contributed by atoms with Crippen molar-refractivity contribution in [1.82, 2.24) is 15.6 Å². The van der Waals surface area contributed by atoms with Crippen molar-refractivity contribution in [3.8, 4) is 11.3 Å². The molecule has 1 saturated heterocycles. The first kappa shape index (κ1) is 22.7. The van der Waals surface area contributed by atoms with Gasteiger partial charge in [0.05, 0.1) is 29.1 Å². The number of nitrogens with one attached hydrogen (secondary N) is 2. The van der Waals surface area contributed by atoms with Crippen molar-refractivity contribution in [3.05, 3.63) is 53.2 Å². The van der Waals surface area contributed by atoms with E-state index < -0.39 is 23.5 Å². The van der Waals surface area contributed by atoms with Crippen LogP contribution in [0.2, 0.25) is 0 Å². The van der Waals surface area contributed by atoms with E-state index in [0.717, 1.165) is 0 Å². The van der Waals surface area contributed by atoms with E-state index in [2.05, 4.69) is 15.6 Å². The van der Waals surface area contributed by atoms with E-state index in [9.17, 15) is 31.1 Å². The van der Waals surface area contributed by atoms with Crippen LogP contribution in [0.1, 0.15) is 29.7 Å². The lowest BCUT2D eigenvalue weighted by atomic mass is 10.0. The molecular formula is C19H19F6N3O. The van der Waals surface area contributed by atoms with Crippen LogP contribution in [0.3, 0.4) is 0 Å². The Kier molecular flexibility index (Phi) is 7.60. The van der Waals surface area contributed by atoms with Gasteiger partial charge in [-0.25, -0.2) is 0 Å². The number of hydrogen-bond acceptors (Lipinski definition) is 3. The fourth-order valence-corrected chi connectivity index (χ4v) is 2.61.